The van der Waals surface area contributed by atoms with Gasteiger partial charge in [-0.25, -0.2) is 0 Å². The topological polar surface area (TPSA) is 56.5 Å². The molecule has 18 heavy (non-hydrogen) atoms. The zero-order valence-corrected chi connectivity index (χ0v) is 12.0. The zero-order valence-electron chi connectivity index (χ0n) is 11.3. The second-order valence-corrected chi connectivity index (χ2v) is 5.21. The quantitative estimate of drug-likeness (QED) is 0.617. The molecule has 0 saturated carbocycles. The zero-order chi connectivity index (χ0) is 13.8. The lowest BCUT2D eigenvalue weighted by atomic mass is 9.93. The number of hydrogen-bond donors (Lipinski definition) is 2. The van der Waals surface area contributed by atoms with Crippen LogP contribution in [0.5, 0.6) is 5.75 Å². The van der Waals surface area contributed by atoms with Crippen molar-refractivity contribution in [3.05, 3.63) is 28.8 Å². The third-order valence-corrected chi connectivity index (χ3v) is 3.25. The number of halogens is 1. The summed E-state index contributed by atoms with van der Waals surface area (Å²) in [6.45, 7) is 4.02. The molecule has 1 atom stereocenters. The minimum atomic E-state index is -0.287. The van der Waals surface area contributed by atoms with Gasteiger partial charge < -0.3 is 9.47 Å². The standard InChI is InChI=1S/C13H21ClN2O2/c1-13(2,18-4)8-11(16-15)10-7-9(14)5-6-12(10)17-3/h5-7,11,16H,8,15H2,1-4H3. The number of rotatable bonds is 6. The van der Waals surface area contributed by atoms with E-state index in [0.29, 0.717) is 11.4 Å². The average Bonchev–Trinajstić information content (AvgIpc) is 2.36. The molecule has 1 rings (SSSR count). The van der Waals surface area contributed by atoms with Gasteiger partial charge in [0.2, 0.25) is 0 Å². The number of hydrogen-bond acceptors (Lipinski definition) is 4. The normalized spacial score (nSPS) is 13.4. The van der Waals surface area contributed by atoms with Crippen LogP contribution in [0.1, 0.15) is 31.9 Å². The Balaban J connectivity index is 3.04. The maximum Gasteiger partial charge on any atom is 0.123 e. The first kappa shape index (κ1) is 15.2. The van der Waals surface area contributed by atoms with Crippen molar-refractivity contribution < 1.29 is 9.47 Å². The van der Waals surface area contributed by atoms with E-state index in [1.54, 1.807) is 20.3 Å². The van der Waals surface area contributed by atoms with Crippen LogP contribution in [0.3, 0.4) is 0 Å². The average molecular weight is 273 g/mol. The lowest BCUT2D eigenvalue weighted by Crippen LogP contribution is -2.35. The fourth-order valence-electron chi connectivity index (χ4n) is 1.81. The highest BCUT2D eigenvalue weighted by molar-refractivity contribution is 6.30. The molecular formula is C13H21ClN2O2. The van der Waals surface area contributed by atoms with E-state index in [1.807, 2.05) is 26.0 Å². The molecule has 0 radical (unpaired) electrons. The van der Waals surface area contributed by atoms with Gasteiger partial charge in [-0.15, -0.1) is 0 Å². The van der Waals surface area contributed by atoms with E-state index < -0.39 is 0 Å². The van der Waals surface area contributed by atoms with E-state index in [4.69, 9.17) is 26.9 Å². The number of nitrogens with two attached hydrogens (primary N) is 1. The smallest absolute Gasteiger partial charge is 0.123 e. The van der Waals surface area contributed by atoms with E-state index in [2.05, 4.69) is 5.43 Å². The summed E-state index contributed by atoms with van der Waals surface area (Å²) in [5.74, 6) is 6.39. The Kier molecular flexibility index (Phi) is 5.41. The first-order valence-electron chi connectivity index (χ1n) is 5.78. The van der Waals surface area contributed by atoms with Crippen molar-refractivity contribution >= 4 is 11.6 Å². The van der Waals surface area contributed by atoms with Gasteiger partial charge in [0.25, 0.3) is 0 Å². The van der Waals surface area contributed by atoms with Crippen molar-refractivity contribution in [2.75, 3.05) is 14.2 Å². The molecule has 0 saturated heterocycles. The second kappa shape index (κ2) is 6.38. The van der Waals surface area contributed by atoms with Gasteiger partial charge >= 0.3 is 0 Å². The van der Waals surface area contributed by atoms with E-state index in [0.717, 1.165) is 11.3 Å². The Bertz CT molecular complexity index is 397. The molecule has 0 heterocycles. The molecule has 0 aliphatic rings. The largest absolute Gasteiger partial charge is 0.496 e. The van der Waals surface area contributed by atoms with Gasteiger partial charge in [0.1, 0.15) is 5.75 Å². The van der Waals surface area contributed by atoms with Crippen molar-refractivity contribution in [3.63, 3.8) is 0 Å². The van der Waals surface area contributed by atoms with E-state index >= 15 is 0 Å². The van der Waals surface area contributed by atoms with E-state index in [-0.39, 0.29) is 11.6 Å². The molecule has 0 aliphatic heterocycles. The van der Waals surface area contributed by atoms with E-state index in [1.165, 1.54) is 0 Å². The van der Waals surface area contributed by atoms with Crippen LogP contribution in [0.2, 0.25) is 5.02 Å². The van der Waals surface area contributed by atoms with Crippen LogP contribution in [-0.4, -0.2) is 19.8 Å². The Morgan fingerprint density at radius 3 is 2.56 bits per heavy atom. The molecule has 1 aromatic rings. The fourth-order valence-corrected chi connectivity index (χ4v) is 1.99. The molecule has 3 N–H and O–H groups in total. The van der Waals surface area contributed by atoms with Gasteiger partial charge in [-0.05, 0) is 38.5 Å². The maximum atomic E-state index is 6.02. The first-order valence-corrected chi connectivity index (χ1v) is 6.16. The Morgan fingerprint density at radius 1 is 1.39 bits per heavy atom. The number of ether oxygens (including phenoxy) is 2. The van der Waals surface area contributed by atoms with Crippen LogP contribution in [0.25, 0.3) is 0 Å². The SMILES string of the molecule is COc1ccc(Cl)cc1C(CC(C)(C)OC)NN. The van der Waals surface area contributed by atoms with Crippen LogP contribution < -0.4 is 16.0 Å². The molecule has 4 nitrogen and oxygen atoms in total. The number of nitrogens with one attached hydrogen (secondary N) is 1. The lowest BCUT2D eigenvalue weighted by molar-refractivity contribution is 0.00665. The Morgan fingerprint density at radius 2 is 2.06 bits per heavy atom. The highest BCUT2D eigenvalue weighted by Gasteiger charge is 2.25. The first-order chi connectivity index (χ1) is 8.43. The molecule has 0 bridgehead atoms. The van der Waals surface area contributed by atoms with Gasteiger partial charge in [-0.2, -0.15) is 0 Å². The number of methoxy groups -OCH3 is 2. The molecule has 0 spiro atoms. The van der Waals surface area contributed by atoms with Crippen molar-refractivity contribution in [3.8, 4) is 5.75 Å². The molecule has 0 fully saturated rings. The monoisotopic (exact) mass is 272 g/mol. The van der Waals surface area contributed by atoms with Crippen LogP contribution in [0, 0.1) is 0 Å². The van der Waals surface area contributed by atoms with Crippen LogP contribution >= 0.6 is 11.6 Å². The van der Waals surface area contributed by atoms with Crippen LogP contribution in [0.4, 0.5) is 0 Å². The van der Waals surface area contributed by atoms with Crippen molar-refractivity contribution in [1.82, 2.24) is 5.43 Å². The third kappa shape index (κ3) is 3.85. The summed E-state index contributed by atoms with van der Waals surface area (Å²) < 4.78 is 10.8. The summed E-state index contributed by atoms with van der Waals surface area (Å²) in [6.07, 6.45) is 0.705. The van der Waals surface area contributed by atoms with Gasteiger partial charge in [0.05, 0.1) is 18.8 Å². The van der Waals surface area contributed by atoms with E-state index in [9.17, 15) is 0 Å². The molecule has 102 valence electrons. The minimum absolute atomic E-state index is 0.0893. The Hall–Kier alpha value is -0.810. The predicted octanol–water partition coefficient (Wildman–Crippen LogP) is 2.67. The van der Waals surface area contributed by atoms with Gasteiger partial charge in [0.15, 0.2) is 0 Å². The summed E-state index contributed by atoms with van der Waals surface area (Å²) >= 11 is 6.02. The van der Waals surface area contributed by atoms with Crippen molar-refractivity contribution in [2.24, 2.45) is 5.84 Å². The molecule has 1 unspecified atom stereocenters. The number of benzene rings is 1. The van der Waals surface area contributed by atoms with Gasteiger partial charge in [-0.1, -0.05) is 11.6 Å². The second-order valence-electron chi connectivity index (χ2n) is 4.77. The molecule has 1 aromatic carbocycles. The predicted molar refractivity (Wildman–Crippen MR) is 73.8 cm³/mol. The Labute approximate surface area is 113 Å². The highest BCUT2D eigenvalue weighted by Crippen LogP contribution is 2.33. The molecular weight excluding hydrogens is 252 g/mol. The summed E-state index contributed by atoms with van der Waals surface area (Å²) in [6, 6.07) is 5.39. The molecule has 0 amide bonds. The highest BCUT2D eigenvalue weighted by atomic mass is 35.5. The summed E-state index contributed by atoms with van der Waals surface area (Å²) in [4.78, 5) is 0. The van der Waals surface area contributed by atoms with Gasteiger partial charge in [-0.3, -0.25) is 11.3 Å². The van der Waals surface area contributed by atoms with Crippen LogP contribution in [-0.2, 0) is 4.74 Å². The fraction of sp³-hybridized carbons (Fsp3) is 0.538. The summed E-state index contributed by atoms with van der Waals surface area (Å²) in [5, 5.41) is 0.654. The molecule has 0 aliphatic carbocycles. The maximum absolute atomic E-state index is 6.02. The lowest BCUT2D eigenvalue weighted by Gasteiger charge is -2.29. The minimum Gasteiger partial charge on any atom is -0.496 e. The molecule has 5 heteroatoms. The van der Waals surface area contributed by atoms with Crippen LogP contribution in [0.15, 0.2) is 18.2 Å². The summed E-state index contributed by atoms with van der Waals surface area (Å²) in [5.41, 5.74) is 3.43. The van der Waals surface area contributed by atoms with Gasteiger partial charge in [0, 0.05) is 17.7 Å². The summed E-state index contributed by atoms with van der Waals surface area (Å²) in [7, 11) is 3.31. The number of hydrazine groups is 1. The molecule has 0 aromatic heterocycles. The third-order valence-electron chi connectivity index (χ3n) is 3.02. The van der Waals surface area contributed by atoms with Crippen molar-refractivity contribution in [2.45, 2.75) is 31.9 Å². The van der Waals surface area contributed by atoms with Crippen molar-refractivity contribution in [1.29, 1.82) is 0 Å².